The zero-order valence-corrected chi connectivity index (χ0v) is 15.2. The number of para-hydroxylation sites is 1. The standard InChI is InChI=1S/C21H18N4O3/c1-2-22-20(27)17-18(26)16(28-21(17)25-14-7-4-3-5-8-14)11-13-12-24-19-15(13)9-6-10-23-19/h3-12,25H,2H2,1H3,(H,22,27)(H,23,24)/b16-11-. The number of pyridine rings is 1. The van der Waals surface area contributed by atoms with Crippen LogP contribution in [0.3, 0.4) is 0 Å². The van der Waals surface area contributed by atoms with Gasteiger partial charge in [-0.3, -0.25) is 9.59 Å². The summed E-state index contributed by atoms with van der Waals surface area (Å²) in [5.41, 5.74) is 2.13. The number of aromatic amines is 1. The fourth-order valence-electron chi connectivity index (χ4n) is 2.96. The van der Waals surface area contributed by atoms with E-state index in [-0.39, 0.29) is 17.2 Å². The fraction of sp³-hybridized carbons (Fsp3) is 0.0952. The molecule has 1 amide bonds. The van der Waals surface area contributed by atoms with Crippen LogP contribution >= 0.6 is 0 Å². The molecule has 7 nitrogen and oxygen atoms in total. The fourth-order valence-corrected chi connectivity index (χ4v) is 2.96. The second-order valence-electron chi connectivity index (χ2n) is 6.14. The number of fused-ring (bicyclic) bond motifs is 1. The maximum atomic E-state index is 12.9. The summed E-state index contributed by atoms with van der Waals surface area (Å²) in [6.45, 7) is 2.19. The second-order valence-corrected chi connectivity index (χ2v) is 6.14. The average molecular weight is 374 g/mol. The van der Waals surface area contributed by atoms with Gasteiger partial charge in [0.2, 0.25) is 11.7 Å². The van der Waals surface area contributed by atoms with Crippen molar-refractivity contribution >= 4 is 34.5 Å². The first-order valence-corrected chi connectivity index (χ1v) is 8.88. The van der Waals surface area contributed by atoms with Crippen molar-refractivity contribution in [1.82, 2.24) is 15.3 Å². The Morgan fingerprint density at radius 3 is 2.82 bits per heavy atom. The Labute approximate surface area is 161 Å². The number of likely N-dealkylation sites (N-methyl/N-ethyl adjacent to an activating group) is 1. The summed E-state index contributed by atoms with van der Waals surface area (Å²) in [6.07, 6.45) is 5.04. The van der Waals surface area contributed by atoms with E-state index >= 15 is 0 Å². The Morgan fingerprint density at radius 2 is 2.04 bits per heavy atom. The molecule has 140 valence electrons. The van der Waals surface area contributed by atoms with Crippen LogP contribution in [0.25, 0.3) is 17.1 Å². The van der Waals surface area contributed by atoms with Crippen LogP contribution in [0, 0.1) is 0 Å². The molecule has 0 radical (unpaired) electrons. The lowest BCUT2D eigenvalue weighted by Crippen LogP contribution is -2.28. The third-order valence-corrected chi connectivity index (χ3v) is 4.26. The Bertz CT molecular complexity index is 1110. The van der Waals surface area contributed by atoms with Crippen LogP contribution in [0.15, 0.2) is 72.1 Å². The van der Waals surface area contributed by atoms with E-state index in [1.165, 1.54) is 0 Å². The molecule has 1 aliphatic rings. The van der Waals surface area contributed by atoms with Gasteiger partial charge in [-0.25, -0.2) is 4.98 Å². The Balaban J connectivity index is 1.70. The third kappa shape index (κ3) is 3.25. The molecule has 0 aliphatic carbocycles. The molecule has 1 aromatic carbocycles. The lowest BCUT2D eigenvalue weighted by Gasteiger charge is -2.08. The zero-order chi connectivity index (χ0) is 19.5. The molecule has 0 saturated heterocycles. The van der Waals surface area contributed by atoms with Crippen molar-refractivity contribution in [2.45, 2.75) is 6.92 Å². The molecule has 7 heteroatoms. The smallest absolute Gasteiger partial charge is 0.260 e. The number of aromatic nitrogens is 2. The molecular formula is C21H18N4O3. The highest BCUT2D eigenvalue weighted by Crippen LogP contribution is 2.29. The quantitative estimate of drug-likeness (QED) is 0.471. The van der Waals surface area contributed by atoms with Gasteiger partial charge >= 0.3 is 0 Å². The summed E-state index contributed by atoms with van der Waals surface area (Å²) >= 11 is 0. The molecular weight excluding hydrogens is 356 g/mol. The molecule has 3 N–H and O–H groups in total. The van der Waals surface area contributed by atoms with Gasteiger partial charge in [0.1, 0.15) is 5.65 Å². The van der Waals surface area contributed by atoms with E-state index in [9.17, 15) is 9.59 Å². The minimum absolute atomic E-state index is 0.0464. The van der Waals surface area contributed by atoms with Gasteiger partial charge in [0.15, 0.2) is 11.3 Å². The number of amides is 1. The van der Waals surface area contributed by atoms with E-state index in [0.29, 0.717) is 17.9 Å². The number of carbonyl (C=O) groups excluding carboxylic acids is 2. The highest BCUT2D eigenvalue weighted by Gasteiger charge is 2.35. The summed E-state index contributed by atoms with van der Waals surface area (Å²) in [7, 11) is 0. The number of ether oxygens (including phenoxy) is 1. The van der Waals surface area contributed by atoms with Crippen molar-refractivity contribution < 1.29 is 14.3 Å². The number of allylic oxidation sites excluding steroid dienone is 1. The second kappa shape index (κ2) is 7.40. The van der Waals surface area contributed by atoms with Crippen molar-refractivity contribution in [2.24, 2.45) is 0 Å². The van der Waals surface area contributed by atoms with E-state index in [0.717, 1.165) is 10.9 Å². The summed E-state index contributed by atoms with van der Waals surface area (Å²) in [6, 6.07) is 12.9. The monoisotopic (exact) mass is 374 g/mol. The summed E-state index contributed by atoms with van der Waals surface area (Å²) < 4.78 is 5.76. The van der Waals surface area contributed by atoms with Crippen LogP contribution in [0.4, 0.5) is 5.69 Å². The number of anilines is 1. The van der Waals surface area contributed by atoms with Gasteiger partial charge in [-0.15, -0.1) is 0 Å². The van der Waals surface area contributed by atoms with E-state index < -0.39 is 11.7 Å². The number of Topliss-reactive ketones (excluding diaryl/α,β-unsaturated/α-hetero) is 1. The number of hydrogen-bond acceptors (Lipinski definition) is 5. The predicted molar refractivity (Wildman–Crippen MR) is 106 cm³/mol. The van der Waals surface area contributed by atoms with Crippen LogP contribution in [-0.2, 0) is 14.3 Å². The van der Waals surface area contributed by atoms with Gasteiger partial charge in [0.25, 0.3) is 5.91 Å². The first-order valence-electron chi connectivity index (χ1n) is 8.88. The summed E-state index contributed by atoms with van der Waals surface area (Å²) in [4.78, 5) is 32.7. The first-order chi connectivity index (χ1) is 13.7. The normalized spacial score (nSPS) is 15.2. The molecule has 0 atom stereocenters. The molecule has 0 fully saturated rings. The van der Waals surface area contributed by atoms with Gasteiger partial charge in [-0.1, -0.05) is 18.2 Å². The largest absolute Gasteiger partial charge is 0.436 e. The van der Waals surface area contributed by atoms with Gasteiger partial charge in [-0.2, -0.15) is 0 Å². The maximum absolute atomic E-state index is 12.9. The number of rotatable bonds is 5. The lowest BCUT2D eigenvalue weighted by molar-refractivity contribution is -0.121. The molecule has 0 spiro atoms. The average Bonchev–Trinajstić information content (AvgIpc) is 3.24. The summed E-state index contributed by atoms with van der Waals surface area (Å²) in [5.74, 6) is -0.756. The van der Waals surface area contributed by atoms with Crippen LogP contribution in [-0.4, -0.2) is 28.2 Å². The Hall–Kier alpha value is -3.87. The van der Waals surface area contributed by atoms with Gasteiger partial charge in [0.05, 0.1) is 0 Å². The van der Waals surface area contributed by atoms with Crippen molar-refractivity contribution in [2.75, 3.05) is 11.9 Å². The number of H-pyrrole nitrogens is 1. The minimum Gasteiger partial charge on any atom is -0.436 e. The molecule has 3 heterocycles. The molecule has 3 aromatic rings. The zero-order valence-electron chi connectivity index (χ0n) is 15.2. The first kappa shape index (κ1) is 17.5. The molecule has 28 heavy (non-hydrogen) atoms. The van der Waals surface area contributed by atoms with Crippen LogP contribution in [0.1, 0.15) is 12.5 Å². The van der Waals surface area contributed by atoms with E-state index in [1.54, 1.807) is 25.4 Å². The number of nitrogens with one attached hydrogen (secondary N) is 3. The van der Waals surface area contributed by atoms with Crippen LogP contribution < -0.4 is 10.6 Å². The van der Waals surface area contributed by atoms with Crippen molar-refractivity contribution in [3.8, 4) is 0 Å². The van der Waals surface area contributed by atoms with E-state index in [4.69, 9.17) is 4.74 Å². The molecule has 2 aromatic heterocycles. The number of carbonyl (C=O) groups is 2. The Morgan fingerprint density at radius 1 is 1.21 bits per heavy atom. The molecule has 0 bridgehead atoms. The molecule has 4 rings (SSSR count). The summed E-state index contributed by atoms with van der Waals surface area (Å²) in [5, 5.41) is 6.54. The van der Waals surface area contributed by atoms with Crippen LogP contribution in [0.5, 0.6) is 0 Å². The van der Waals surface area contributed by atoms with E-state index in [2.05, 4.69) is 20.6 Å². The van der Waals surface area contributed by atoms with Gasteiger partial charge < -0.3 is 20.4 Å². The highest BCUT2D eigenvalue weighted by atomic mass is 16.5. The van der Waals surface area contributed by atoms with Gasteiger partial charge in [0, 0.05) is 35.6 Å². The number of benzene rings is 1. The molecule has 0 saturated carbocycles. The predicted octanol–water partition coefficient (Wildman–Crippen LogP) is 2.96. The van der Waals surface area contributed by atoms with Crippen molar-refractivity contribution in [1.29, 1.82) is 0 Å². The number of nitrogens with zero attached hydrogens (tertiary/aromatic N) is 1. The Kier molecular flexibility index (Phi) is 4.63. The van der Waals surface area contributed by atoms with Crippen molar-refractivity contribution in [3.63, 3.8) is 0 Å². The highest BCUT2D eigenvalue weighted by molar-refractivity contribution is 6.28. The number of ketones is 1. The van der Waals surface area contributed by atoms with Crippen molar-refractivity contribution in [3.05, 3.63) is 77.6 Å². The number of hydrogen-bond donors (Lipinski definition) is 3. The minimum atomic E-state index is -0.477. The van der Waals surface area contributed by atoms with E-state index in [1.807, 2.05) is 42.5 Å². The SMILES string of the molecule is CCNC(=O)C1=C(Nc2ccccc2)O/C(=C\c2c[nH]c3ncccc23)C1=O. The third-order valence-electron chi connectivity index (χ3n) is 4.26. The maximum Gasteiger partial charge on any atom is 0.260 e. The topological polar surface area (TPSA) is 96.1 Å². The van der Waals surface area contributed by atoms with Crippen LogP contribution in [0.2, 0.25) is 0 Å². The molecule has 0 unspecified atom stereocenters. The van der Waals surface area contributed by atoms with Gasteiger partial charge in [-0.05, 0) is 37.3 Å². The molecule has 1 aliphatic heterocycles. The lowest BCUT2D eigenvalue weighted by atomic mass is 10.1.